The quantitative estimate of drug-likeness (QED) is 0.628. The molecule has 98 valence electrons. The summed E-state index contributed by atoms with van der Waals surface area (Å²) >= 11 is 3.31. The molecule has 0 aliphatic carbocycles. The van der Waals surface area contributed by atoms with Gasteiger partial charge in [0.25, 0.3) is 5.91 Å². The molecule has 1 fully saturated rings. The molecule has 1 aliphatic rings. The van der Waals surface area contributed by atoms with Crippen LogP contribution < -0.4 is 11.3 Å². The number of nitrogen functional groups attached to an aromatic ring is 1. The minimum absolute atomic E-state index is 0.0812. The number of nitrogens with two attached hydrogens (primary N) is 1. The number of hydrogen-bond donors (Lipinski definition) is 2. The second-order valence-electron chi connectivity index (χ2n) is 3.95. The van der Waals surface area contributed by atoms with Crippen LogP contribution in [0.1, 0.15) is 16.8 Å². The smallest absolute Gasteiger partial charge is 0.257 e. The van der Waals surface area contributed by atoms with Crippen LogP contribution in [0.3, 0.4) is 0 Å². The van der Waals surface area contributed by atoms with Crippen LogP contribution in [-0.4, -0.2) is 42.1 Å². The summed E-state index contributed by atoms with van der Waals surface area (Å²) in [5.41, 5.74) is 2.91. The lowest BCUT2D eigenvalue weighted by Gasteiger charge is -2.20. The lowest BCUT2D eigenvalue weighted by molar-refractivity contribution is 0.0742. The van der Waals surface area contributed by atoms with E-state index in [2.05, 4.69) is 26.3 Å². The predicted molar refractivity (Wildman–Crippen MR) is 71.1 cm³/mol. The van der Waals surface area contributed by atoms with Crippen molar-refractivity contribution in [3.63, 3.8) is 0 Å². The Morgan fingerprint density at radius 3 is 3.11 bits per heavy atom. The fourth-order valence-corrected chi connectivity index (χ4v) is 2.17. The van der Waals surface area contributed by atoms with E-state index in [1.807, 2.05) is 0 Å². The number of nitrogens with one attached hydrogen (secondary N) is 1. The molecule has 7 heteroatoms. The maximum absolute atomic E-state index is 12.4. The Bertz CT molecular complexity index is 433. The number of rotatable bonds is 2. The Morgan fingerprint density at radius 2 is 2.33 bits per heavy atom. The Morgan fingerprint density at radius 1 is 1.50 bits per heavy atom. The van der Waals surface area contributed by atoms with E-state index in [-0.39, 0.29) is 5.91 Å². The Hall–Kier alpha value is -1.18. The second-order valence-corrected chi connectivity index (χ2v) is 4.87. The molecule has 18 heavy (non-hydrogen) atoms. The molecular formula is C11H15BrN4O2. The molecule has 6 nitrogen and oxygen atoms in total. The summed E-state index contributed by atoms with van der Waals surface area (Å²) in [6.45, 7) is 2.55. The number of carbonyl (C=O) groups excluding carboxylic acids is 1. The van der Waals surface area contributed by atoms with Crippen LogP contribution >= 0.6 is 15.9 Å². The van der Waals surface area contributed by atoms with E-state index in [0.29, 0.717) is 37.7 Å². The first-order valence-corrected chi connectivity index (χ1v) is 6.51. The van der Waals surface area contributed by atoms with E-state index < -0.39 is 0 Å². The summed E-state index contributed by atoms with van der Waals surface area (Å²) in [6.07, 6.45) is 2.44. The summed E-state index contributed by atoms with van der Waals surface area (Å²) in [5, 5.41) is 0. The molecule has 0 saturated carbocycles. The van der Waals surface area contributed by atoms with Gasteiger partial charge in [-0.25, -0.2) is 10.8 Å². The predicted octanol–water partition coefficient (Wildman–Crippen LogP) is 0.992. The normalized spacial score (nSPS) is 16.2. The fourth-order valence-electron chi connectivity index (χ4n) is 1.84. The molecule has 2 heterocycles. The maximum Gasteiger partial charge on any atom is 0.257 e. The minimum atomic E-state index is -0.0812. The zero-order valence-electron chi connectivity index (χ0n) is 9.86. The van der Waals surface area contributed by atoms with Gasteiger partial charge < -0.3 is 15.1 Å². The van der Waals surface area contributed by atoms with Crippen LogP contribution in [0.2, 0.25) is 0 Å². The number of anilines is 1. The van der Waals surface area contributed by atoms with Crippen LogP contribution in [0.25, 0.3) is 0 Å². The Labute approximate surface area is 114 Å². The van der Waals surface area contributed by atoms with Crippen LogP contribution in [-0.2, 0) is 4.74 Å². The average Bonchev–Trinajstić information content (AvgIpc) is 2.66. The SMILES string of the molecule is NNc1ncc(Br)cc1C(=O)N1CCCOCC1. The lowest BCUT2D eigenvalue weighted by atomic mass is 10.2. The van der Waals surface area contributed by atoms with Gasteiger partial charge in [0.2, 0.25) is 0 Å². The third kappa shape index (κ3) is 2.98. The summed E-state index contributed by atoms with van der Waals surface area (Å²) in [5.74, 6) is 5.68. The van der Waals surface area contributed by atoms with Crippen molar-refractivity contribution >= 4 is 27.7 Å². The molecule has 3 N–H and O–H groups in total. The van der Waals surface area contributed by atoms with Crippen LogP contribution in [0.15, 0.2) is 16.7 Å². The molecular weight excluding hydrogens is 300 g/mol. The number of aromatic nitrogens is 1. The van der Waals surface area contributed by atoms with Crippen molar-refractivity contribution in [2.75, 3.05) is 31.7 Å². The number of halogens is 1. The monoisotopic (exact) mass is 314 g/mol. The first kappa shape index (κ1) is 13.3. The number of hydrogen-bond acceptors (Lipinski definition) is 5. The van der Waals surface area contributed by atoms with Gasteiger partial charge in [0.1, 0.15) is 0 Å². The van der Waals surface area contributed by atoms with Gasteiger partial charge in [-0.2, -0.15) is 0 Å². The number of carbonyl (C=O) groups is 1. The summed E-state index contributed by atoms with van der Waals surface area (Å²) in [4.78, 5) is 18.2. The highest BCUT2D eigenvalue weighted by Gasteiger charge is 2.21. The van der Waals surface area contributed by atoms with Gasteiger partial charge in [0.15, 0.2) is 5.82 Å². The summed E-state index contributed by atoms with van der Waals surface area (Å²) in [7, 11) is 0. The van der Waals surface area contributed by atoms with Crippen molar-refractivity contribution in [1.82, 2.24) is 9.88 Å². The number of ether oxygens (including phenoxy) is 1. The van der Waals surface area contributed by atoms with Crippen molar-refractivity contribution in [2.24, 2.45) is 5.84 Å². The van der Waals surface area contributed by atoms with Gasteiger partial charge in [0.05, 0.1) is 12.2 Å². The Balaban J connectivity index is 2.23. The number of pyridine rings is 1. The number of amides is 1. The van der Waals surface area contributed by atoms with Crippen molar-refractivity contribution in [2.45, 2.75) is 6.42 Å². The molecule has 2 rings (SSSR count). The topological polar surface area (TPSA) is 80.5 Å². The highest BCUT2D eigenvalue weighted by Crippen LogP contribution is 2.19. The van der Waals surface area contributed by atoms with Gasteiger partial charge in [0, 0.05) is 30.4 Å². The average molecular weight is 315 g/mol. The largest absolute Gasteiger partial charge is 0.380 e. The molecule has 1 aliphatic heterocycles. The van der Waals surface area contributed by atoms with E-state index in [9.17, 15) is 4.79 Å². The van der Waals surface area contributed by atoms with Gasteiger partial charge in [-0.15, -0.1) is 0 Å². The third-order valence-electron chi connectivity index (χ3n) is 2.73. The van der Waals surface area contributed by atoms with E-state index in [1.54, 1.807) is 17.2 Å². The molecule has 0 aromatic carbocycles. The standard InChI is InChI=1S/C11H15BrN4O2/c12-8-6-9(10(15-13)14-7-8)11(17)16-2-1-4-18-5-3-16/h6-7H,1-5,13H2,(H,14,15). The Kier molecular flexibility index (Phi) is 4.51. The van der Waals surface area contributed by atoms with E-state index in [1.165, 1.54) is 0 Å². The molecule has 0 atom stereocenters. The molecule has 0 unspecified atom stereocenters. The molecule has 0 radical (unpaired) electrons. The second kappa shape index (κ2) is 6.12. The highest BCUT2D eigenvalue weighted by atomic mass is 79.9. The van der Waals surface area contributed by atoms with Crippen LogP contribution in [0.5, 0.6) is 0 Å². The molecule has 1 amide bonds. The molecule has 0 bridgehead atoms. The maximum atomic E-state index is 12.4. The molecule has 1 aromatic rings. The lowest BCUT2D eigenvalue weighted by Crippen LogP contribution is -2.34. The highest BCUT2D eigenvalue weighted by molar-refractivity contribution is 9.10. The minimum Gasteiger partial charge on any atom is -0.380 e. The number of nitrogens with zero attached hydrogens (tertiary/aromatic N) is 2. The molecule has 1 aromatic heterocycles. The summed E-state index contributed by atoms with van der Waals surface area (Å²) in [6, 6.07) is 1.72. The number of hydrazine groups is 1. The van der Waals surface area contributed by atoms with E-state index in [0.717, 1.165) is 10.9 Å². The van der Waals surface area contributed by atoms with Crippen molar-refractivity contribution < 1.29 is 9.53 Å². The van der Waals surface area contributed by atoms with E-state index >= 15 is 0 Å². The van der Waals surface area contributed by atoms with Gasteiger partial charge in [-0.3, -0.25) is 4.79 Å². The van der Waals surface area contributed by atoms with Crippen molar-refractivity contribution in [3.05, 3.63) is 22.3 Å². The van der Waals surface area contributed by atoms with Crippen LogP contribution in [0, 0.1) is 0 Å². The van der Waals surface area contributed by atoms with Crippen LogP contribution in [0.4, 0.5) is 5.82 Å². The zero-order valence-corrected chi connectivity index (χ0v) is 11.4. The van der Waals surface area contributed by atoms with Crippen molar-refractivity contribution in [1.29, 1.82) is 0 Å². The third-order valence-corrected chi connectivity index (χ3v) is 3.16. The van der Waals surface area contributed by atoms with Gasteiger partial charge >= 0.3 is 0 Å². The molecule has 0 spiro atoms. The van der Waals surface area contributed by atoms with E-state index in [4.69, 9.17) is 10.6 Å². The summed E-state index contributed by atoms with van der Waals surface area (Å²) < 4.78 is 6.08. The van der Waals surface area contributed by atoms with Gasteiger partial charge in [-0.05, 0) is 28.4 Å². The zero-order chi connectivity index (χ0) is 13.0. The fraction of sp³-hybridized carbons (Fsp3) is 0.455. The van der Waals surface area contributed by atoms with Gasteiger partial charge in [-0.1, -0.05) is 0 Å². The first-order valence-electron chi connectivity index (χ1n) is 5.71. The van der Waals surface area contributed by atoms with Crippen molar-refractivity contribution in [3.8, 4) is 0 Å². The molecule has 1 saturated heterocycles. The first-order chi connectivity index (χ1) is 8.72.